The number of fused-ring (bicyclic) bond motifs is 3. The highest BCUT2D eigenvalue weighted by molar-refractivity contribution is 5.99. The fourth-order valence-corrected chi connectivity index (χ4v) is 6.62. The highest BCUT2D eigenvalue weighted by Crippen LogP contribution is 2.46. The maximum absolute atomic E-state index is 13.8. The van der Waals surface area contributed by atoms with E-state index in [1.165, 1.54) is 6.07 Å². The molecule has 0 bridgehead atoms. The minimum absolute atomic E-state index is 0.0169. The van der Waals surface area contributed by atoms with Crippen molar-refractivity contribution in [1.82, 2.24) is 5.32 Å². The SMILES string of the molecule is C[C@H]1CCCC(=O)CCCC=Cc2cc(O)c(C(CC(=O)NC3CCc4ccccc4NC3=O)c3ccc4c(c3)OCO4)c(O)c2C(=O)O1. The van der Waals surface area contributed by atoms with Crippen molar-refractivity contribution < 1.29 is 43.6 Å². The zero-order valence-corrected chi connectivity index (χ0v) is 27.3. The summed E-state index contributed by atoms with van der Waals surface area (Å²) in [5.41, 5.74) is 2.22. The Hall–Kier alpha value is -5.32. The monoisotopic (exact) mass is 668 g/mol. The smallest absolute Gasteiger partial charge is 0.342 e. The third kappa shape index (κ3) is 7.72. The molecule has 4 N–H and O–H groups in total. The number of hydrogen-bond donors (Lipinski definition) is 4. The second-order valence-electron chi connectivity index (χ2n) is 12.7. The molecule has 0 radical (unpaired) electrons. The summed E-state index contributed by atoms with van der Waals surface area (Å²) in [6.45, 7) is 1.74. The van der Waals surface area contributed by atoms with E-state index in [-0.39, 0.29) is 47.3 Å². The Labute approximate surface area is 284 Å². The number of nitrogens with one attached hydrogen (secondary N) is 2. The van der Waals surface area contributed by atoms with Crippen LogP contribution in [0.3, 0.4) is 0 Å². The highest BCUT2D eigenvalue weighted by Gasteiger charge is 2.33. The summed E-state index contributed by atoms with van der Waals surface area (Å²) in [5.74, 6) is -2.38. The van der Waals surface area contributed by atoms with Gasteiger partial charge in [0.1, 0.15) is 28.9 Å². The van der Waals surface area contributed by atoms with Crippen LogP contribution < -0.4 is 20.1 Å². The standard InChI is InChI=1S/C38H40N2O9/c1-22-8-7-12-26(41)11-4-2-3-10-25-18-30(42)35(36(44)34(25)38(46)49-22)27(24-15-17-31-32(19-24)48-21-47-31)20-33(43)39-29-16-14-23-9-5-6-13-28(23)40-37(29)45/h3,5-6,9-10,13,15,17-19,22,27,29,42,44H,2,4,7-8,11-12,14,16,20-21H2,1H3,(H,39,43)(H,40,45)/t22-,27?,29?/m0/s1. The molecule has 11 nitrogen and oxygen atoms in total. The van der Waals surface area contributed by atoms with E-state index >= 15 is 0 Å². The minimum Gasteiger partial charge on any atom is -0.507 e. The molecule has 6 rings (SSSR count). The summed E-state index contributed by atoms with van der Waals surface area (Å²) >= 11 is 0. The number of Topliss-reactive ketones (excluding diaryl/α,β-unsaturated/α-hetero) is 1. The molecule has 0 aliphatic carbocycles. The Kier molecular flexibility index (Phi) is 10.2. The molecule has 3 heterocycles. The summed E-state index contributed by atoms with van der Waals surface area (Å²) < 4.78 is 16.8. The van der Waals surface area contributed by atoms with Crippen LogP contribution in [0.1, 0.15) is 96.8 Å². The maximum atomic E-state index is 13.8. The van der Waals surface area contributed by atoms with E-state index in [0.717, 1.165) is 5.56 Å². The van der Waals surface area contributed by atoms with Crippen molar-refractivity contribution in [3.05, 3.63) is 82.4 Å². The van der Waals surface area contributed by atoms with Gasteiger partial charge < -0.3 is 35.1 Å². The van der Waals surface area contributed by atoms with Gasteiger partial charge in [-0.25, -0.2) is 4.79 Å². The van der Waals surface area contributed by atoms with Gasteiger partial charge in [0.25, 0.3) is 0 Å². The quantitative estimate of drug-likeness (QED) is 0.243. The first-order chi connectivity index (χ1) is 23.7. The Balaban J connectivity index is 1.35. The van der Waals surface area contributed by atoms with E-state index in [0.29, 0.717) is 74.1 Å². The van der Waals surface area contributed by atoms with Gasteiger partial charge in [0.2, 0.25) is 18.6 Å². The average Bonchev–Trinajstić information content (AvgIpc) is 3.48. The number of cyclic esters (lactones) is 1. The molecule has 0 saturated carbocycles. The van der Waals surface area contributed by atoms with Crippen molar-refractivity contribution >= 4 is 35.3 Å². The highest BCUT2D eigenvalue weighted by atomic mass is 16.7. The fourth-order valence-electron chi connectivity index (χ4n) is 6.62. The van der Waals surface area contributed by atoms with Crippen LogP contribution in [-0.2, 0) is 25.5 Å². The average molecular weight is 669 g/mol. The molecule has 0 fully saturated rings. The van der Waals surface area contributed by atoms with Gasteiger partial charge in [-0.1, -0.05) is 36.4 Å². The molecule has 49 heavy (non-hydrogen) atoms. The number of para-hydroxylation sites is 1. The number of rotatable bonds is 5. The van der Waals surface area contributed by atoms with Crippen molar-refractivity contribution in [2.75, 3.05) is 12.1 Å². The van der Waals surface area contributed by atoms with Gasteiger partial charge in [-0.15, -0.1) is 0 Å². The van der Waals surface area contributed by atoms with Gasteiger partial charge in [-0.2, -0.15) is 0 Å². The number of ether oxygens (including phenoxy) is 3. The number of carbonyl (C=O) groups excluding carboxylic acids is 4. The van der Waals surface area contributed by atoms with Crippen LogP contribution in [0.4, 0.5) is 5.69 Å². The molecule has 3 aromatic carbocycles. The predicted octanol–water partition coefficient (Wildman–Crippen LogP) is 5.90. The van der Waals surface area contributed by atoms with E-state index < -0.39 is 35.7 Å². The first kappa shape index (κ1) is 33.6. The van der Waals surface area contributed by atoms with Gasteiger partial charge in [-0.05, 0) is 86.4 Å². The Morgan fingerprint density at radius 2 is 1.78 bits per heavy atom. The Bertz CT molecular complexity index is 1800. The van der Waals surface area contributed by atoms with Crippen molar-refractivity contribution in [2.24, 2.45) is 0 Å². The number of aryl methyl sites for hydroxylation is 1. The number of hydrogen-bond acceptors (Lipinski definition) is 9. The molecule has 2 amide bonds. The second kappa shape index (κ2) is 14.8. The molecule has 2 unspecified atom stereocenters. The maximum Gasteiger partial charge on any atom is 0.342 e. The molecule has 0 aromatic heterocycles. The van der Waals surface area contributed by atoms with Crippen LogP contribution in [0, 0.1) is 0 Å². The summed E-state index contributed by atoms with van der Waals surface area (Å²) in [7, 11) is 0. The second-order valence-corrected chi connectivity index (χ2v) is 12.7. The van der Waals surface area contributed by atoms with Crippen LogP contribution >= 0.6 is 0 Å². The molecule has 0 spiro atoms. The van der Waals surface area contributed by atoms with E-state index in [1.807, 2.05) is 24.3 Å². The molecular weight excluding hydrogens is 628 g/mol. The first-order valence-electron chi connectivity index (χ1n) is 16.7. The summed E-state index contributed by atoms with van der Waals surface area (Å²) in [6, 6.07) is 13.1. The minimum atomic E-state index is -0.973. The van der Waals surface area contributed by atoms with Crippen molar-refractivity contribution in [3.63, 3.8) is 0 Å². The number of esters is 1. The summed E-state index contributed by atoms with van der Waals surface area (Å²) in [5, 5.41) is 29.1. The molecule has 3 aliphatic heterocycles. The largest absolute Gasteiger partial charge is 0.507 e. The van der Waals surface area contributed by atoms with Gasteiger partial charge in [0.15, 0.2) is 11.5 Å². The Morgan fingerprint density at radius 1 is 0.980 bits per heavy atom. The van der Waals surface area contributed by atoms with E-state index in [9.17, 15) is 29.4 Å². The number of amides is 2. The van der Waals surface area contributed by atoms with Gasteiger partial charge in [-0.3, -0.25) is 14.4 Å². The lowest BCUT2D eigenvalue weighted by molar-refractivity contribution is -0.126. The molecule has 3 aliphatic rings. The number of allylic oxidation sites excluding steroid dienone is 1. The number of phenolic OH excluding ortho intramolecular Hbond substituents is 2. The van der Waals surface area contributed by atoms with Crippen LogP contribution in [-0.4, -0.2) is 52.7 Å². The molecule has 0 saturated heterocycles. The lowest BCUT2D eigenvalue weighted by Gasteiger charge is -2.24. The summed E-state index contributed by atoms with van der Waals surface area (Å²) in [4.78, 5) is 52.7. The number of aromatic hydroxyl groups is 2. The zero-order chi connectivity index (χ0) is 34.5. The van der Waals surface area contributed by atoms with Crippen LogP contribution in [0.15, 0.2) is 54.6 Å². The van der Waals surface area contributed by atoms with Gasteiger partial charge in [0.05, 0.1) is 6.10 Å². The van der Waals surface area contributed by atoms with Crippen molar-refractivity contribution in [3.8, 4) is 23.0 Å². The zero-order valence-electron chi connectivity index (χ0n) is 27.3. The third-order valence-corrected chi connectivity index (χ3v) is 9.22. The molecule has 256 valence electrons. The topological polar surface area (TPSA) is 160 Å². The number of benzene rings is 3. The molecule has 11 heteroatoms. The summed E-state index contributed by atoms with van der Waals surface area (Å²) in [6.07, 6.45) is 6.59. The van der Waals surface area contributed by atoms with E-state index in [2.05, 4.69) is 10.6 Å². The fraction of sp³-hybridized carbons (Fsp3) is 0.368. The van der Waals surface area contributed by atoms with Gasteiger partial charge in [0, 0.05) is 36.4 Å². The van der Waals surface area contributed by atoms with E-state index in [4.69, 9.17) is 14.2 Å². The third-order valence-electron chi connectivity index (χ3n) is 9.22. The normalized spacial score (nSPS) is 20.1. The predicted molar refractivity (Wildman–Crippen MR) is 181 cm³/mol. The number of phenols is 2. The van der Waals surface area contributed by atoms with E-state index in [1.54, 1.807) is 37.3 Å². The van der Waals surface area contributed by atoms with Crippen LogP contribution in [0.5, 0.6) is 23.0 Å². The first-order valence-corrected chi connectivity index (χ1v) is 16.7. The van der Waals surface area contributed by atoms with Crippen LogP contribution in [0.25, 0.3) is 6.08 Å². The van der Waals surface area contributed by atoms with Crippen molar-refractivity contribution in [1.29, 1.82) is 0 Å². The molecule has 3 aromatic rings. The number of carbonyl (C=O) groups is 4. The van der Waals surface area contributed by atoms with Crippen molar-refractivity contribution in [2.45, 2.75) is 82.8 Å². The number of anilines is 1. The lowest BCUT2D eigenvalue weighted by atomic mass is 9.84. The number of ketones is 1. The lowest BCUT2D eigenvalue weighted by Crippen LogP contribution is -2.43. The van der Waals surface area contributed by atoms with Gasteiger partial charge >= 0.3 is 5.97 Å². The molecular formula is C38H40N2O9. The van der Waals surface area contributed by atoms with Crippen LogP contribution in [0.2, 0.25) is 0 Å². The molecule has 3 atom stereocenters. The Morgan fingerprint density at radius 3 is 2.63 bits per heavy atom.